The molecule has 2 aromatic carbocycles. The Balaban J connectivity index is 1.57. The minimum absolute atomic E-state index is 0.0925. The number of amides is 1. The fourth-order valence-electron chi connectivity index (χ4n) is 4.86. The van der Waals surface area contributed by atoms with Gasteiger partial charge in [0.15, 0.2) is 5.16 Å². The summed E-state index contributed by atoms with van der Waals surface area (Å²) in [7, 11) is 0. The van der Waals surface area contributed by atoms with Gasteiger partial charge in [-0.3, -0.25) is 9.59 Å². The van der Waals surface area contributed by atoms with Crippen molar-refractivity contribution >= 4 is 29.1 Å². The lowest BCUT2D eigenvalue weighted by molar-refractivity contribution is -0.113. The van der Waals surface area contributed by atoms with Gasteiger partial charge in [0.2, 0.25) is 11.7 Å². The average molecular weight is 488 g/mol. The lowest BCUT2D eigenvalue weighted by Gasteiger charge is -2.35. The Hall–Kier alpha value is -3.39. The number of benzene rings is 2. The van der Waals surface area contributed by atoms with Gasteiger partial charge >= 0.3 is 0 Å². The van der Waals surface area contributed by atoms with E-state index in [1.54, 1.807) is 9.08 Å². The first-order valence-electron chi connectivity index (χ1n) is 12.0. The van der Waals surface area contributed by atoms with Crippen LogP contribution in [0.15, 0.2) is 58.5 Å². The molecule has 0 saturated heterocycles. The first kappa shape index (κ1) is 23.4. The van der Waals surface area contributed by atoms with Crippen molar-refractivity contribution in [1.82, 2.24) is 19.2 Å². The zero-order chi connectivity index (χ0) is 24.7. The molecular weight excluding hydrogens is 458 g/mol. The van der Waals surface area contributed by atoms with E-state index in [1.165, 1.54) is 17.3 Å². The van der Waals surface area contributed by atoms with Crippen molar-refractivity contribution in [1.29, 1.82) is 0 Å². The van der Waals surface area contributed by atoms with Gasteiger partial charge in [0.05, 0.1) is 17.0 Å². The normalized spacial score (nSPS) is 16.7. The smallest absolute Gasteiger partial charge is 0.265 e. The summed E-state index contributed by atoms with van der Waals surface area (Å²) in [5, 5.41) is 8.07. The molecule has 1 atom stereocenters. The van der Waals surface area contributed by atoms with Crippen molar-refractivity contribution in [3.8, 4) is 11.3 Å². The van der Waals surface area contributed by atoms with E-state index in [1.807, 2.05) is 56.3 Å². The summed E-state index contributed by atoms with van der Waals surface area (Å²) < 4.78 is 3.33. The molecule has 2 heterocycles. The van der Waals surface area contributed by atoms with E-state index in [0.29, 0.717) is 17.5 Å². The van der Waals surface area contributed by atoms with Crippen LogP contribution in [0.25, 0.3) is 17.0 Å². The van der Waals surface area contributed by atoms with Crippen molar-refractivity contribution in [2.45, 2.75) is 57.7 Å². The maximum absolute atomic E-state index is 14.0. The van der Waals surface area contributed by atoms with Gasteiger partial charge in [-0.1, -0.05) is 62.0 Å². The molecule has 35 heavy (non-hydrogen) atoms. The van der Waals surface area contributed by atoms with Crippen molar-refractivity contribution in [3.63, 3.8) is 0 Å². The van der Waals surface area contributed by atoms with Crippen LogP contribution in [-0.2, 0) is 23.2 Å². The molecule has 4 aromatic rings. The number of nitrogens with one attached hydrogen (secondary N) is 1. The van der Waals surface area contributed by atoms with Crippen molar-refractivity contribution in [3.05, 3.63) is 75.6 Å². The molecule has 1 unspecified atom stereocenters. The van der Waals surface area contributed by atoms with Crippen LogP contribution < -0.4 is 10.9 Å². The minimum Gasteiger partial charge on any atom is -0.325 e. The number of thioether (sulfide) groups is 1. The van der Waals surface area contributed by atoms with Crippen LogP contribution in [0.5, 0.6) is 0 Å². The highest BCUT2D eigenvalue weighted by molar-refractivity contribution is 7.99. The number of carbonyl (C=O) groups excluding carboxylic acids is 1. The number of carbonyl (C=O) groups is 1. The molecule has 2 aromatic heterocycles. The first-order chi connectivity index (χ1) is 16.8. The second kappa shape index (κ2) is 9.00. The Bertz CT molecular complexity index is 1510. The summed E-state index contributed by atoms with van der Waals surface area (Å²) in [6.45, 7) is 8.78. The van der Waals surface area contributed by atoms with Crippen LogP contribution in [0.1, 0.15) is 43.9 Å². The first-order valence-corrected chi connectivity index (χ1v) is 12.9. The Morgan fingerprint density at radius 1 is 1.17 bits per heavy atom. The molecule has 7 nitrogen and oxygen atoms in total. The van der Waals surface area contributed by atoms with Gasteiger partial charge in [-0.25, -0.2) is 14.1 Å². The second-order valence-corrected chi connectivity index (χ2v) is 10.3. The SMILES string of the molecule is CCn1nc(SCC(=O)Nc2cccc(C)c2)n2c(=O)c3c(nc12)-c1ccccc1CC3(C)CC. The zero-order valence-corrected chi connectivity index (χ0v) is 21.3. The van der Waals surface area contributed by atoms with Crippen molar-refractivity contribution < 1.29 is 4.79 Å². The van der Waals surface area contributed by atoms with Gasteiger partial charge in [0.1, 0.15) is 0 Å². The van der Waals surface area contributed by atoms with E-state index in [-0.39, 0.29) is 22.6 Å². The predicted octanol–water partition coefficient (Wildman–Crippen LogP) is 4.84. The number of aryl methyl sites for hydroxylation is 2. The minimum atomic E-state index is -0.326. The summed E-state index contributed by atoms with van der Waals surface area (Å²) in [6, 6.07) is 15.9. The quantitative estimate of drug-likeness (QED) is 0.394. The van der Waals surface area contributed by atoms with Gasteiger partial charge in [0, 0.05) is 23.2 Å². The Labute approximate surface area is 208 Å². The van der Waals surface area contributed by atoms with Crippen LogP contribution >= 0.6 is 11.8 Å². The number of nitrogens with zero attached hydrogens (tertiary/aromatic N) is 4. The number of fused-ring (bicyclic) bond motifs is 4. The fraction of sp³-hybridized carbons (Fsp3) is 0.333. The molecule has 0 spiro atoms. The monoisotopic (exact) mass is 487 g/mol. The third-order valence-electron chi connectivity index (χ3n) is 6.86. The largest absolute Gasteiger partial charge is 0.325 e. The van der Waals surface area contributed by atoms with E-state index in [4.69, 9.17) is 4.98 Å². The number of hydrogen-bond acceptors (Lipinski definition) is 5. The molecule has 0 bridgehead atoms. The van der Waals surface area contributed by atoms with E-state index < -0.39 is 0 Å². The van der Waals surface area contributed by atoms with E-state index >= 15 is 0 Å². The predicted molar refractivity (Wildman–Crippen MR) is 140 cm³/mol. The summed E-state index contributed by atoms with van der Waals surface area (Å²) in [6.07, 6.45) is 1.61. The molecule has 1 aliphatic rings. The second-order valence-electron chi connectivity index (χ2n) is 9.33. The number of aromatic nitrogens is 4. The maximum Gasteiger partial charge on any atom is 0.265 e. The third-order valence-corrected chi connectivity index (χ3v) is 7.79. The van der Waals surface area contributed by atoms with Gasteiger partial charge in [0.25, 0.3) is 5.56 Å². The van der Waals surface area contributed by atoms with Gasteiger partial charge < -0.3 is 5.32 Å². The molecule has 0 radical (unpaired) electrons. The Morgan fingerprint density at radius 3 is 2.71 bits per heavy atom. The Morgan fingerprint density at radius 2 is 1.97 bits per heavy atom. The molecule has 0 aliphatic heterocycles. The van der Waals surface area contributed by atoms with E-state index in [9.17, 15) is 9.59 Å². The molecule has 1 amide bonds. The van der Waals surface area contributed by atoms with Crippen molar-refractivity contribution in [2.24, 2.45) is 0 Å². The van der Waals surface area contributed by atoms with Gasteiger partial charge in [-0.05, 0) is 49.9 Å². The molecule has 8 heteroatoms. The third kappa shape index (κ3) is 4.05. The summed E-state index contributed by atoms with van der Waals surface area (Å²) in [5.74, 6) is 0.500. The average Bonchev–Trinajstić information content (AvgIpc) is 3.21. The topological polar surface area (TPSA) is 81.3 Å². The summed E-state index contributed by atoms with van der Waals surface area (Å²) in [4.78, 5) is 31.7. The van der Waals surface area contributed by atoms with Crippen LogP contribution in [0.2, 0.25) is 0 Å². The molecule has 1 aliphatic carbocycles. The Kier molecular flexibility index (Phi) is 6.01. The van der Waals surface area contributed by atoms with Crippen LogP contribution in [0.4, 0.5) is 5.69 Å². The molecule has 0 saturated carbocycles. The lowest BCUT2D eigenvalue weighted by atomic mass is 9.69. The molecule has 5 rings (SSSR count). The summed E-state index contributed by atoms with van der Waals surface area (Å²) >= 11 is 1.25. The summed E-state index contributed by atoms with van der Waals surface area (Å²) in [5.41, 5.74) is 5.13. The number of anilines is 1. The molecular formula is C27H29N5O2S. The lowest BCUT2D eigenvalue weighted by Crippen LogP contribution is -2.38. The standard InChI is InChI=1S/C27H29N5O2S/c1-5-27(4)15-18-11-7-8-13-20(18)23-22(27)24(34)32-25(29-23)31(6-2)30-26(32)35-16-21(33)28-19-12-9-10-17(3)14-19/h7-14H,5-6,15-16H2,1-4H3,(H,28,33). The number of hydrogen-bond donors (Lipinski definition) is 1. The van der Waals surface area contributed by atoms with Gasteiger partial charge in [-0.2, -0.15) is 0 Å². The number of rotatable bonds is 6. The van der Waals surface area contributed by atoms with E-state index in [2.05, 4.69) is 30.3 Å². The maximum atomic E-state index is 14.0. The van der Waals surface area contributed by atoms with Crippen LogP contribution in [-0.4, -0.2) is 30.8 Å². The van der Waals surface area contributed by atoms with Gasteiger partial charge in [-0.15, -0.1) is 5.10 Å². The van der Waals surface area contributed by atoms with Crippen molar-refractivity contribution in [2.75, 3.05) is 11.1 Å². The van der Waals surface area contributed by atoms with Crippen LogP contribution in [0.3, 0.4) is 0 Å². The molecule has 1 N–H and O–H groups in total. The fourth-order valence-corrected chi connectivity index (χ4v) is 5.64. The highest BCUT2D eigenvalue weighted by atomic mass is 32.2. The highest BCUT2D eigenvalue weighted by Crippen LogP contribution is 2.42. The van der Waals surface area contributed by atoms with E-state index in [0.717, 1.165) is 40.9 Å². The molecule has 0 fully saturated rings. The zero-order valence-electron chi connectivity index (χ0n) is 20.5. The molecule has 180 valence electrons. The van der Waals surface area contributed by atoms with Crippen LogP contribution in [0, 0.1) is 6.92 Å². The highest BCUT2D eigenvalue weighted by Gasteiger charge is 2.38.